The van der Waals surface area contributed by atoms with Crippen molar-refractivity contribution >= 4 is 11.8 Å². The number of benzene rings is 1. The SMILES string of the molecule is CCSc1cc(OCCC2CCNC2)c(F)c(F)c1F. The van der Waals surface area contributed by atoms with E-state index in [4.69, 9.17) is 4.74 Å². The van der Waals surface area contributed by atoms with Crippen molar-refractivity contribution in [1.29, 1.82) is 0 Å². The highest BCUT2D eigenvalue weighted by atomic mass is 32.2. The van der Waals surface area contributed by atoms with Crippen molar-refractivity contribution in [3.8, 4) is 5.75 Å². The molecule has 0 spiro atoms. The number of ether oxygens (including phenoxy) is 1. The van der Waals surface area contributed by atoms with Crippen LogP contribution in [0.25, 0.3) is 0 Å². The highest BCUT2D eigenvalue weighted by Gasteiger charge is 2.20. The molecule has 2 nitrogen and oxygen atoms in total. The van der Waals surface area contributed by atoms with Gasteiger partial charge < -0.3 is 10.1 Å². The Morgan fingerprint density at radius 2 is 2.10 bits per heavy atom. The maximum Gasteiger partial charge on any atom is 0.203 e. The van der Waals surface area contributed by atoms with Gasteiger partial charge >= 0.3 is 0 Å². The zero-order chi connectivity index (χ0) is 14.5. The molecule has 0 aromatic heterocycles. The fraction of sp³-hybridized carbons (Fsp3) is 0.571. The van der Waals surface area contributed by atoms with Crippen LogP contribution < -0.4 is 10.1 Å². The summed E-state index contributed by atoms with van der Waals surface area (Å²) in [5.41, 5.74) is 0. The Morgan fingerprint density at radius 1 is 1.30 bits per heavy atom. The first-order valence-electron chi connectivity index (χ1n) is 6.77. The first-order chi connectivity index (χ1) is 9.63. The van der Waals surface area contributed by atoms with Gasteiger partial charge in [-0.05, 0) is 43.7 Å². The molecule has 1 atom stereocenters. The summed E-state index contributed by atoms with van der Waals surface area (Å²) in [5, 5.41) is 3.23. The molecule has 1 fully saturated rings. The molecule has 1 aromatic rings. The van der Waals surface area contributed by atoms with Crippen molar-refractivity contribution in [1.82, 2.24) is 5.32 Å². The number of nitrogens with one attached hydrogen (secondary N) is 1. The second-order valence-corrected chi connectivity index (χ2v) is 6.05. The molecule has 0 saturated carbocycles. The van der Waals surface area contributed by atoms with E-state index >= 15 is 0 Å². The highest BCUT2D eigenvalue weighted by Crippen LogP contribution is 2.31. The van der Waals surface area contributed by atoms with Crippen molar-refractivity contribution in [3.05, 3.63) is 23.5 Å². The molecule has 0 amide bonds. The van der Waals surface area contributed by atoms with Gasteiger partial charge in [0, 0.05) is 4.90 Å². The Labute approximate surface area is 121 Å². The maximum absolute atomic E-state index is 13.6. The molecule has 0 radical (unpaired) electrons. The number of halogens is 3. The molecular formula is C14H18F3NOS. The van der Waals surface area contributed by atoms with Gasteiger partial charge in [0.05, 0.1) is 6.61 Å². The van der Waals surface area contributed by atoms with Gasteiger partial charge in [-0.1, -0.05) is 6.92 Å². The van der Waals surface area contributed by atoms with E-state index < -0.39 is 17.5 Å². The third kappa shape index (κ3) is 3.61. The Hall–Kier alpha value is -0.880. The molecule has 1 saturated heterocycles. The third-order valence-electron chi connectivity index (χ3n) is 3.33. The molecule has 2 rings (SSSR count). The van der Waals surface area contributed by atoms with Gasteiger partial charge in [-0.25, -0.2) is 8.78 Å². The van der Waals surface area contributed by atoms with E-state index in [2.05, 4.69) is 5.32 Å². The summed E-state index contributed by atoms with van der Waals surface area (Å²) in [4.78, 5) is 0.0870. The second-order valence-electron chi connectivity index (χ2n) is 4.74. The van der Waals surface area contributed by atoms with Crippen LogP contribution in [0.4, 0.5) is 13.2 Å². The molecular weight excluding hydrogens is 287 g/mol. The van der Waals surface area contributed by atoms with E-state index in [1.165, 1.54) is 6.07 Å². The van der Waals surface area contributed by atoms with Crippen LogP contribution in [0, 0.1) is 23.4 Å². The summed E-state index contributed by atoms with van der Waals surface area (Å²) in [5.74, 6) is -2.95. The highest BCUT2D eigenvalue weighted by molar-refractivity contribution is 7.99. The summed E-state index contributed by atoms with van der Waals surface area (Å²) in [7, 11) is 0. The summed E-state index contributed by atoms with van der Waals surface area (Å²) in [6.07, 6.45) is 1.85. The summed E-state index contributed by atoms with van der Waals surface area (Å²) in [6.45, 7) is 4.05. The molecule has 1 aliphatic rings. The standard InChI is InChI=1S/C14H18F3NOS/c1-2-20-11-7-10(12(15)14(17)13(11)16)19-6-4-9-3-5-18-8-9/h7,9,18H,2-6,8H2,1H3. The Bertz CT molecular complexity index is 464. The average molecular weight is 305 g/mol. The molecule has 6 heteroatoms. The average Bonchev–Trinajstić information content (AvgIpc) is 2.94. The van der Waals surface area contributed by atoms with E-state index in [0.29, 0.717) is 18.3 Å². The van der Waals surface area contributed by atoms with Crippen LogP contribution in [-0.4, -0.2) is 25.4 Å². The van der Waals surface area contributed by atoms with E-state index in [0.717, 1.165) is 37.7 Å². The summed E-state index contributed by atoms with van der Waals surface area (Å²) >= 11 is 1.13. The minimum atomic E-state index is -1.46. The van der Waals surface area contributed by atoms with Gasteiger partial charge in [-0.2, -0.15) is 4.39 Å². The summed E-state index contributed by atoms with van der Waals surface area (Å²) < 4.78 is 45.9. The van der Waals surface area contributed by atoms with Crippen LogP contribution in [0.5, 0.6) is 5.75 Å². The largest absolute Gasteiger partial charge is 0.490 e. The molecule has 1 heterocycles. The number of hydrogen-bond acceptors (Lipinski definition) is 3. The third-order valence-corrected chi connectivity index (χ3v) is 4.22. The smallest absolute Gasteiger partial charge is 0.203 e. The lowest BCUT2D eigenvalue weighted by Crippen LogP contribution is -2.12. The first kappa shape index (κ1) is 15.5. The van der Waals surface area contributed by atoms with Gasteiger partial charge in [0.25, 0.3) is 0 Å². The lowest BCUT2D eigenvalue weighted by atomic mass is 10.1. The fourth-order valence-corrected chi connectivity index (χ4v) is 2.94. The molecule has 20 heavy (non-hydrogen) atoms. The molecule has 1 aliphatic heterocycles. The van der Waals surface area contributed by atoms with Gasteiger partial charge in [-0.3, -0.25) is 0 Å². The normalized spacial score (nSPS) is 18.5. The molecule has 0 bridgehead atoms. The van der Waals surface area contributed by atoms with Crippen LogP contribution in [0.2, 0.25) is 0 Å². The van der Waals surface area contributed by atoms with Crippen molar-refractivity contribution in [2.24, 2.45) is 5.92 Å². The van der Waals surface area contributed by atoms with E-state index in [-0.39, 0.29) is 10.6 Å². The Balaban J connectivity index is 2.02. The predicted molar refractivity (Wildman–Crippen MR) is 73.8 cm³/mol. The maximum atomic E-state index is 13.6. The molecule has 1 N–H and O–H groups in total. The monoisotopic (exact) mass is 305 g/mol. The molecule has 112 valence electrons. The van der Waals surface area contributed by atoms with Crippen LogP contribution >= 0.6 is 11.8 Å². The lowest BCUT2D eigenvalue weighted by molar-refractivity contribution is 0.263. The topological polar surface area (TPSA) is 21.3 Å². The molecule has 1 unspecified atom stereocenters. The zero-order valence-corrected chi connectivity index (χ0v) is 12.2. The van der Waals surface area contributed by atoms with Crippen LogP contribution in [0.15, 0.2) is 11.0 Å². The van der Waals surface area contributed by atoms with Crippen LogP contribution in [0.1, 0.15) is 19.8 Å². The number of thioether (sulfide) groups is 1. The van der Waals surface area contributed by atoms with Crippen molar-refractivity contribution in [2.75, 3.05) is 25.4 Å². The Kier molecular flexibility index (Phi) is 5.60. The fourth-order valence-electron chi connectivity index (χ4n) is 2.22. The van der Waals surface area contributed by atoms with E-state index in [9.17, 15) is 13.2 Å². The van der Waals surface area contributed by atoms with Crippen LogP contribution in [0.3, 0.4) is 0 Å². The zero-order valence-electron chi connectivity index (χ0n) is 11.3. The van der Waals surface area contributed by atoms with Crippen LogP contribution in [-0.2, 0) is 0 Å². The predicted octanol–water partition coefficient (Wildman–Crippen LogP) is 3.59. The van der Waals surface area contributed by atoms with Crippen molar-refractivity contribution < 1.29 is 17.9 Å². The quantitative estimate of drug-likeness (QED) is 0.641. The molecule has 1 aromatic carbocycles. The van der Waals surface area contributed by atoms with Crippen molar-refractivity contribution in [2.45, 2.75) is 24.7 Å². The van der Waals surface area contributed by atoms with Gasteiger partial charge in [0.1, 0.15) is 0 Å². The Morgan fingerprint density at radius 3 is 2.75 bits per heavy atom. The minimum absolute atomic E-state index is 0.0870. The molecule has 0 aliphatic carbocycles. The van der Waals surface area contributed by atoms with E-state index in [1.54, 1.807) is 0 Å². The second kappa shape index (κ2) is 7.22. The van der Waals surface area contributed by atoms with E-state index in [1.807, 2.05) is 6.92 Å². The van der Waals surface area contributed by atoms with Gasteiger partial charge in [-0.15, -0.1) is 11.8 Å². The first-order valence-corrected chi connectivity index (χ1v) is 7.75. The summed E-state index contributed by atoms with van der Waals surface area (Å²) in [6, 6.07) is 1.24. The minimum Gasteiger partial charge on any atom is -0.490 e. The number of hydrogen-bond donors (Lipinski definition) is 1. The lowest BCUT2D eigenvalue weighted by Gasteiger charge is -2.12. The van der Waals surface area contributed by atoms with Gasteiger partial charge in [0.15, 0.2) is 17.4 Å². The van der Waals surface area contributed by atoms with Crippen molar-refractivity contribution in [3.63, 3.8) is 0 Å². The van der Waals surface area contributed by atoms with Gasteiger partial charge in [0.2, 0.25) is 5.82 Å². The number of rotatable bonds is 6.